The highest BCUT2D eigenvalue weighted by atomic mass is 35.5. The van der Waals surface area contributed by atoms with Gasteiger partial charge in [-0.3, -0.25) is 0 Å². The number of aromatic nitrogens is 1. The van der Waals surface area contributed by atoms with Gasteiger partial charge >= 0.3 is 22.2 Å². The van der Waals surface area contributed by atoms with E-state index in [9.17, 15) is 30.8 Å². The van der Waals surface area contributed by atoms with Crippen LogP contribution >= 0.6 is 22.9 Å². The number of rotatable bonds is 6. The van der Waals surface area contributed by atoms with Crippen molar-refractivity contribution in [1.29, 1.82) is 0 Å². The molecule has 2 heterocycles. The lowest BCUT2D eigenvalue weighted by molar-refractivity contribution is -0.199. The first kappa shape index (κ1) is 24.4. The summed E-state index contributed by atoms with van der Waals surface area (Å²) in [4.78, 5) is 18.4. The molecule has 1 saturated heterocycles. The number of likely N-dealkylation sites (N-methyl/N-ethyl adjacent to an activating group) is 1. The summed E-state index contributed by atoms with van der Waals surface area (Å²) in [5, 5.41) is 3.17. The molecule has 0 saturated carbocycles. The summed E-state index contributed by atoms with van der Waals surface area (Å²) in [6.07, 6.45) is -4.97. The van der Waals surface area contributed by atoms with Crippen LogP contribution in [0.25, 0.3) is 0 Å². The average molecular weight is 521 g/mol. The number of sulfonamides is 1. The monoisotopic (exact) mass is 520 g/mol. The van der Waals surface area contributed by atoms with Crippen LogP contribution in [-0.4, -0.2) is 51.7 Å². The molecule has 1 aromatic carbocycles. The van der Waals surface area contributed by atoms with Gasteiger partial charge in [-0.15, -0.1) is 11.3 Å². The highest BCUT2D eigenvalue weighted by Gasteiger charge is 2.46. The third kappa shape index (κ3) is 4.60. The highest BCUT2D eigenvalue weighted by molar-refractivity contribution is 7.92. The van der Waals surface area contributed by atoms with Gasteiger partial charge in [0.1, 0.15) is 10.8 Å². The maximum Gasteiger partial charge on any atom is 0.493 e. The number of carbonyl (C=O) groups is 1. The van der Waals surface area contributed by atoms with Crippen molar-refractivity contribution < 1.29 is 40.0 Å². The second-order valence-corrected chi connectivity index (χ2v) is 9.33. The Morgan fingerprint density at radius 3 is 2.59 bits per heavy atom. The molecule has 1 atom stereocenters. The van der Waals surface area contributed by atoms with Gasteiger partial charge in [-0.2, -0.15) is 21.6 Å². The topological polar surface area (TPSA) is 91.8 Å². The summed E-state index contributed by atoms with van der Waals surface area (Å²) in [5.41, 5.74) is 0.842. The van der Waals surface area contributed by atoms with Crippen molar-refractivity contribution in [2.75, 3.05) is 29.5 Å². The van der Waals surface area contributed by atoms with Gasteiger partial charge in [0, 0.05) is 31.1 Å². The first-order valence-corrected chi connectivity index (χ1v) is 11.5. The smallest absolute Gasteiger partial charge is 0.369 e. The normalized spacial score (nSPS) is 16.8. The van der Waals surface area contributed by atoms with Crippen molar-refractivity contribution >= 4 is 50.4 Å². The summed E-state index contributed by atoms with van der Waals surface area (Å²) in [7, 11) is -4.06. The molecule has 0 unspecified atom stereocenters. The van der Waals surface area contributed by atoms with Crippen LogP contribution in [0, 0.1) is 11.6 Å². The van der Waals surface area contributed by atoms with E-state index < -0.39 is 54.0 Å². The van der Waals surface area contributed by atoms with Gasteiger partial charge in [0.2, 0.25) is 0 Å². The van der Waals surface area contributed by atoms with Crippen LogP contribution in [0.15, 0.2) is 21.9 Å². The number of alkyl halides is 3. The predicted octanol–water partition coefficient (Wildman–Crippen LogP) is 3.09. The minimum absolute atomic E-state index is 0.165. The van der Waals surface area contributed by atoms with Crippen LogP contribution in [0.5, 0.6) is 0 Å². The van der Waals surface area contributed by atoms with E-state index in [0.29, 0.717) is 25.6 Å². The van der Waals surface area contributed by atoms with Crippen LogP contribution in [0.4, 0.5) is 33.5 Å². The molecule has 1 aliphatic heterocycles. The second kappa shape index (κ2) is 8.96. The van der Waals surface area contributed by atoms with Gasteiger partial charge < -0.3 is 15.1 Å². The van der Waals surface area contributed by atoms with Crippen molar-refractivity contribution in [1.82, 2.24) is 10.3 Å². The number of nitrogens with zero attached hydrogens (tertiary/aromatic N) is 3. The molecule has 2 aromatic rings. The van der Waals surface area contributed by atoms with Crippen LogP contribution in [-0.2, 0) is 19.7 Å². The molecule has 0 spiro atoms. The first-order valence-electron chi connectivity index (χ1n) is 8.69. The lowest BCUT2D eigenvalue weighted by Crippen LogP contribution is -2.39. The predicted molar refractivity (Wildman–Crippen MR) is 105 cm³/mol. The third-order valence-corrected chi connectivity index (χ3v) is 7.06. The lowest BCUT2D eigenvalue weighted by atomic mass is 10.2. The Hall–Kier alpha value is -2.23. The molecule has 0 radical (unpaired) electrons. The lowest BCUT2D eigenvalue weighted by Gasteiger charge is -2.28. The SMILES string of the molecule is CN(c1cc(F)c(S(=O)(=O)N(OC(=O)C(F)(F)F)c2cscn2)c(F)c1Cl)[C@H]1CCNC1. The van der Waals surface area contributed by atoms with Crippen molar-refractivity contribution in [3.05, 3.63) is 33.6 Å². The quantitative estimate of drug-likeness (QED) is 0.355. The zero-order chi connectivity index (χ0) is 23.8. The largest absolute Gasteiger partial charge is 0.493 e. The van der Waals surface area contributed by atoms with Gasteiger partial charge in [0.25, 0.3) is 0 Å². The molecular weight excluding hydrogens is 507 g/mol. The molecule has 3 rings (SSSR count). The number of benzene rings is 1. The van der Waals surface area contributed by atoms with E-state index in [1.54, 1.807) is 0 Å². The highest BCUT2D eigenvalue weighted by Crippen LogP contribution is 2.38. The number of halogens is 6. The molecule has 0 amide bonds. The van der Waals surface area contributed by atoms with Crippen molar-refractivity contribution in [3.63, 3.8) is 0 Å². The molecular formula is C16H14ClF5N4O4S2. The van der Waals surface area contributed by atoms with Crippen LogP contribution in [0.3, 0.4) is 0 Å². The molecule has 1 fully saturated rings. The Labute approximate surface area is 187 Å². The maximum atomic E-state index is 15.0. The number of nitrogens with one attached hydrogen (secondary N) is 1. The summed E-state index contributed by atoms with van der Waals surface area (Å²) in [5.74, 6) is -7.17. The summed E-state index contributed by atoms with van der Waals surface area (Å²) in [6.45, 7) is 1.14. The Balaban J connectivity index is 2.09. The molecule has 8 nitrogen and oxygen atoms in total. The zero-order valence-corrected chi connectivity index (χ0v) is 18.4. The second-order valence-electron chi connectivity index (χ2n) is 6.55. The molecule has 1 aromatic heterocycles. The summed E-state index contributed by atoms with van der Waals surface area (Å²) < 4.78 is 93.1. The minimum atomic E-state index is -5.60. The summed E-state index contributed by atoms with van der Waals surface area (Å²) in [6, 6.07) is 0.453. The van der Waals surface area contributed by atoms with E-state index in [0.717, 1.165) is 22.2 Å². The van der Waals surface area contributed by atoms with Gasteiger partial charge in [0.15, 0.2) is 16.5 Å². The third-order valence-electron chi connectivity index (χ3n) is 4.54. The molecule has 1 aliphatic rings. The van der Waals surface area contributed by atoms with Gasteiger partial charge in [-0.1, -0.05) is 16.1 Å². The molecule has 16 heteroatoms. The van der Waals surface area contributed by atoms with E-state index in [1.165, 1.54) is 11.9 Å². The van der Waals surface area contributed by atoms with Gasteiger partial charge in [-0.05, 0) is 13.0 Å². The van der Waals surface area contributed by atoms with E-state index in [4.69, 9.17) is 11.6 Å². The van der Waals surface area contributed by atoms with Gasteiger partial charge in [0.05, 0.1) is 11.2 Å². The minimum Gasteiger partial charge on any atom is -0.369 e. The number of hydrogen-bond donors (Lipinski definition) is 1. The number of thiazole rings is 1. The number of anilines is 2. The van der Waals surface area contributed by atoms with Crippen molar-refractivity contribution in [2.24, 2.45) is 0 Å². The first-order chi connectivity index (χ1) is 14.9. The van der Waals surface area contributed by atoms with Gasteiger partial charge in [-0.25, -0.2) is 18.6 Å². The van der Waals surface area contributed by atoms with Crippen LogP contribution in [0.1, 0.15) is 6.42 Å². The Morgan fingerprint density at radius 1 is 1.38 bits per heavy atom. The van der Waals surface area contributed by atoms with Crippen LogP contribution < -0.4 is 14.7 Å². The van der Waals surface area contributed by atoms with Crippen molar-refractivity contribution in [3.8, 4) is 0 Å². The fraction of sp³-hybridized carbons (Fsp3) is 0.375. The number of hydrogen-bond acceptors (Lipinski definition) is 8. The van der Waals surface area contributed by atoms with E-state index >= 15 is 4.39 Å². The average Bonchev–Trinajstić information content (AvgIpc) is 3.41. The summed E-state index contributed by atoms with van der Waals surface area (Å²) >= 11 is 6.70. The van der Waals surface area contributed by atoms with E-state index in [2.05, 4.69) is 15.1 Å². The van der Waals surface area contributed by atoms with Crippen LogP contribution in [0.2, 0.25) is 5.02 Å². The fourth-order valence-electron chi connectivity index (χ4n) is 2.95. The standard InChI is InChI=1S/C16H14ClF5N4O4S2/c1-25(8-2-3-23-5-8)10-4-9(18)14(13(19)12(10)17)32(28,29)26(11-6-31-7-24-11)30-15(27)16(20,21)22/h4,6-8,23H,2-3,5H2,1H3/t8-/m0/s1. The molecule has 176 valence electrons. The van der Waals surface area contributed by atoms with E-state index in [1.807, 2.05) is 0 Å². The molecule has 32 heavy (non-hydrogen) atoms. The molecule has 0 aliphatic carbocycles. The molecule has 0 bridgehead atoms. The zero-order valence-electron chi connectivity index (χ0n) is 16.0. The van der Waals surface area contributed by atoms with E-state index in [-0.39, 0.29) is 11.7 Å². The Kier molecular flexibility index (Phi) is 6.83. The Morgan fingerprint density at radius 2 is 2.06 bits per heavy atom. The maximum absolute atomic E-state index is 15.0. The Bertz CT molecular complexity index is 1110. The fourth-order valence-corrected chi connectivity index (χ4v) is 5.18. The number of carbonyl (C=O) groups excluding carboxylic acids is 1. The van der Waals surface area contributed by atoms with Crippen molar-refractivity contribution in [2.45, 2.75) is 23.5 Å². The molecule has 1 N–H and O–H groups in total.